The third kappa shape index (κ3) is 4.27. The Bertz CT molecular complexity index is 352. The van der Waals surface area contributed by atoms with Gasteiger partial charge in [0.25, 0.3) is 0 Å². The van der Waals surface area contributed by atoms with Crippen molar-refractivity contribution >= 4 is 16.0 Å². The Morgan fingerprint density at radius 3 is 2.53 bits per heavy atom. The van der Waals surface area contributed by atoms with Gasteiger partial charge in [-0.15, -0.1) is 0 Å². The number of nitrogens with one attached hydrogen (secondary N) is 1. The van der Waals surface area contributed by atoms with Gasteiger partial charge >= 0.3 is 5.97 Å². The molecule has 0 spiro atoms. The lowest BCUT2D eigenvalue weighted by Crippen LogP contribution is -2.46. The lowest BCUT2D eigenvalue weighted by molar-refractivity contribution is -0.149. The molecule has 6 heteroatoms. The molecule has 0 aliphatic heterocycles. The number of rotatable bonds is 5. The lowest BCUT2D eigenvalue weighted by Gasteiger charge is -2.30. The average Bonchev–Trinajstić information content (AvgIpc) is 2.29. The molecule has 1 fully saturated rings. The van der Waals surface area contributed by atoms with Gasteiger partial charge in [0.2, 0.25) is 10.0 Å². The molecule has 100 valence electrons. The van der Waals surface area contributed by atoms with Crippen LogP contribution in [0.3, 0.4) is 0 Å². The maximum atomic E-state index is 11.7. The molecular weight excluding hydrogens is 242 g/mol. The molecular formula is C11H21NO4S. The van der Waals surface area contributed by atoms with E-state index >= 15 is 0 Å². The highest BCUT2D eigenvalue weighted by molar-refractivity contribution is 7.89. The van der Waals surface area contributed by atoms with E-state index < -0.39 is 10.0 Å². The minimum Gasteiger partial charge on any atom is -0.466 e. The van der Waals surface area contributed by atoms with Crippen molar-refractivity contribution in [3.05, 3.63) is 0 Å². The van der Waals surface area contributed by atoms with Gasteiger partial charge in [-0.3, -0.25) is 4.79 Å². The second-order valence-electron chi connectivity index (χ2n) is 4.27. The highest BCUT2D eigenvalue weighted by Crippen LogP contribution is 2.26. The van der Waals surface area contributed by atoms with E-state index in [1.807, 2.05) is 0 Å². The zero-order chi connectivity index (χ0) is 12.9. The van der Waals surface area contributed by atoms with Gasteiger partial charge in [0, 0.05) is 6.04 Å². The third-order valence-electron chi connectivity index (χ3n) is 3.07. The smallest absolute Gasteiger partial charge is 0.310 e. The van der Waals surface area contributed by atoms with Crippen molar-refractivity contribution in [2.24, 2.45) is 5.92 Å². The predicted octanol–water partition coefficient (Wildman–Crippen LogP) is 1.05. The van der Waals surface area contributed by atoms with Crippen LogP contribution in [0.5, 0.6) is 0 Å². The van der Waals surface area contributed by atoms with Gasteiger partial charge in [0.1, 0.15) is 0 Å². The number of hydrogen-bond acceptors (Lipinski definition) is 4. The summed E-state index contributed by atoms with van der Waals surface area (Å²) in [6, 6.07) is -0.298. The van der Waals surface area contributed by atoms with Gasteiger partial charge in [0.15, 0.2) is 0 Å². The van der Waals surface area contributed by atoms with E-state index in [0.29, 0.717) is 19.4 Å². The van der Waals surface area contributed by atoms with Gasteiger partial charge in [-0.1, -0.05) is 12.8 Å². The zero-order valence-corrected chi connectivity index (χ0v) is 11.3. The Kier molecular flexibility index (Phi) is 5.39. The van der Waals surface area contributed by atoms with E-state index in [-0.39, 0.29) is 23.7 Å². The molecule has 0 bridgehead atoms. The van der Waals surface area contributed by atoms with Crippen molar-refractivity contribution in [1.82, 2.24) is 4.72 Å². The molecule has 17 heavy (non-hydrogen) atoms. The summed E-state index contributed by atoms with van der Waals surface area (Å²) in [6.45, 7) is 3.68. The topological polar surface area (TPSA) is 72.5 Å². The molecule has 0 radical (unpaired) electrons. The first kappa shape index (κ1) is 14.4. The lowest BCUT2D eigenvalue weighted by atomic mass is 9.85. The number of sulfonamides is 1. The number of esters is 1. The Morgan fingerprint density at radius 1 is 1.29 bits per heavy atom. The Balaban J connectivity index is 2.69. The van der Waals surface area contributed by atoms with Crippen LogP contribution in [0.15, 0.2) is 0 Å². The minimum absolute atomic E-state index is 0.0407. The molecule has 0 unspecified atom stereocenters. The molecule has 0 aromatic rings. The number of carbonyl (C=O) groups excluding carboxylic acids is 1. The molecule has 0 aromatic heterocycles. The molecule has 5 nitrogen and oxygen atoms in total. The monoisotopic (exact) mass is 263 g/mol. The summed E-state index contributed by atoms with van der Waals surface area (Å²) in [5, 5.41) is 0. The van der Waals surface area contributed by atoms with Crippen LogP contribution in [-0.4, -0.2) is 32.8 Å². The first-order chi connectivity index (χ1) is 8.00. The zero-order valence-electron chi connectivity index (χ0n) is 10.4. The van der Waals surface area contributed by atoms with Crippen molar-refractivity contribution in [3.63, 3.8) is 0 Å². The van der Waals surface area contributed by atoms with Crippen LogP contribution in [-0.2, 0) is 19.6 Å². The molecule has 1 N–H and O–H groups in total. The second kappa shape index (κ2) is 6.35. The van der Waals surface area contributed by atoms with Gasteiger partial charge < -0.3 is 4.74 Å². The molecule has 1 aliphatic rings. The normalized spacial score (nSPS) is 25.5. The maximum absolute atomic E-state index is 11.7. The van der Waals surface area contributed by atoms with Crippen molar-refractivity contribution in [1.29, 1.82) is 0 Å². The molecule has 0 heterocycles. The highest BCUT2D eigenvalue weighted by atomic mass is 32.2. The summed E-state index contributed by atoms with van der Waals surface area (Å²) in [7, 11) is -3.26. The summed E-state index contributed by atoms with van der Waals surface area (Å²) in [4.78, 5) is 11.7. The summed E-state index contributed by atoms with van der Waals surface area (Å²) in [6.07, 6.45) is 3.32. The Morgan fingerprint density at radius 2 is 1.94 bits per heavy atom. The number of ether oxygens (including phenoxy) is 1. The van der Waals surface area contributed by atoms with Crippen molar-refractivity contribution in [3.8, 4) is 0 Å². The van der Waals surface area contributed by atoms with Crippen LogP contribution < -0.4 is 4.72 Å². The molecule has 1 rings (SSSR count). The fourth-order valence-corrected chi connectivity index (χ4v) is 3.03. The summed E-state index contributed by atoms with van der Waals surface area (Å²) in [5.41, 5.74) is 0. The maximum Gasteiger partial charge on any atom is 0.310 e. The van der Waals surface area contributed by atoms with Crippen LogP contribution >= 0.6 is 0 Å². The number of hydrogen-bond donors (Lipinski definition) is 1. The molecule has 1 saturated carbocycles. The Labute approximate surface area is 103 Å². The van der Waals surface area contributed by atoms with Crippen LogP contribution in [0.25, 0.3) is 0 Å². The first-order valence-electron chi connectivity index (χ1n) is 6.16. The van der Waals surface area contributed by atoms with E-state index in [1.165, 1.54) is 0 Å². The molecule has 0 amide bonds. The van der Waals surface area contributed by atoms with Crippen LogP contribution in [0.1, 0.15) is 39.5 Å². The molecule has 0 saturated heterocycles. The summed E-state index contributed by atoms with van der Waals surface area (Å²) < 4.78 is 30.7. The average molecular weight is 263 g/mol. The van der Waals surface area contributed by atoms with Crippen molar-refractivity contribution in [2.45, 2.75) is 45.6 Å². The van der Waals surface area contributed by atoms with E-state index in [4.69, 9.17) is 4.74 Å². The van der Waals surface area contributed by atoms with Crippen molar-refractivity contribution in [2.75, 3.05) is 12.4 Å². The Hall–Kier alpha value is -0.620. The van der Waals surface area contributed by atoms with E-state index in [1.54, 1.807) is 13.8 Å². The molecule has 1 aliphatic carbocycles. The van der Waals surface area contributed by atoms with Crippen molar-refractivity contribution < 1.29 is 17.9 Å². The molecule has 2 atom stereocenters. The van der Waals surface area contributed by atoms with E-state index in [9.17, 15) is 13.2 Å². The third-order valence-corrected chi connectivity index (χ3v) is 4.49. The second-order valence-corrected chi connectivity index (χ2v) is 6.31. The van der Waals surface area contributed by atoms with Crippen LogP contribution in [0.2, 0.25) is 0 Å². The summed E-state index contributed by atoms with van der Waals surface area (Å²) in [5.74, 6) is -0.569. The predicted molar refractivity (Wildman–Crippen MR) is 65.0 cm³/mol. The van der Waals surface area contributed by atoms with Gasteiger partial charge in [-0.05, 0) is 26.7 Å². The van der Waals surface area contributed by atoms with Gasteiger partial charge in [-0.2, -0.15) is 0 Å². The largest absolute Gasteiger partial charge is 0.466 e. The quantitative estimate of drug-likeness (QED) is 0.752. The van der Waals surface area contributed by atoms with Crippen LogP contribution in [0, 0.1) is 5.92 Å². The fraction of sp³-hybridized carbons (Fsp3) is 0.909. The van der Waals surface area contributed by atoms with E-state index in [2.05, 4.69) is 4.72 Å². The standard InChI is InChI=1S/C11H21NO4S/c1-3-16-11(13)9-7-5-6-8-10(9)12-17(14,15)4-2/h9-10,12H,3-8H2,1-2H3/t9-,10-/m1/s1. The number of carbonyl (C=O) groups is 1. The van der Waals surface area contributed by atoms with Gasteiger partial charge in [-0.25, -0.2) is 13.1 Å². The van der Waals surface area contributed by atoms with Gasteiger partial charge in [0.05, 0.1) is 18.3 Å². The highest BCUT2D eigenvalue weighted by Gasteiger charge is 2.34. The minimum atomic E-state index is -3.26. The van der Waals surface area contributed by atoms with E-state index in [0.717, 1.165) is 12.8 Å². The van der Waals surface area contributed by atoms with Crippen LogP contribution in [0.4, 0.5) is 0 Å². The first-order valence-corrected chi connectivity index (χ1v) is 7.82. The molecule has 0 aromatic carbocycles. The fourth-order valence-electron chi connectivity index (χ4n) is 2.12. The SMILES string of the molecule is CCOC(=O)[C@@H]1CCCC[C@H]1NS(=O)(=O)CC. The summed E-state index contributed by atoms with van der Waals surface area (Å²) >= 11 is 0.